The van der Waals surface area contributed by atoms with E-state index in [0.717, 1.165) is 6.42 Å². The Morgan fingerprint density at radius 1 is 1.19 bits per heavy atom. The number of benzene rings is 1. The molecule has 1 saturated heterocycles. The molecule has 0 saturated carbocycles. The van der Waals surface area contributed by atoms with Gasteiger partial charge < -0.3 is 10.0 Å². The predicted molar refractivity (Wildman–Crippen MR) is 71.2 cm³/mol. The maximum Gasteiger partial charge on any atom is 0.488 e. The predicted octanol–water partition coefficient (Wildman–Crippen LogP) is 0.945. The van der Waals surface area contributed by atoms with Crippen LogP contribution >= 0.6 is 23.5 Å². The summed E-state index contributed by atoms with van der Waals surface area (Å²) in [5, 5.41) is 18.3. The largest absolute Gasteiger partial charge is 0.488 e. The van der Waals surface area contributed by atoms with Crippen molar-refractivity contribution >= 4 is 36.1 Å². The zero-order chi connectivity index (χ0) is 11.2. The van der Waals surface area contributed by atoms with Gasteiger partial charge in [0.15, 0.2) is 0 Å². The molecular weight excluding hydrogens is 239 g/mol. The standard InChI is InChI=1S/C11H13BO2S2/c13-12(14)9-1-2-10-8(7-9)3-4-11(10)15-5-6-16-11/h1-2,7,13-14H,3-6H2. The van der Waals surface area contributed by atoms with E-state index in [-0.39, 0.29) is 4.08 Å². The molecule has 16 heavy (non-hydrogen) atoms. The van der Waals surface area contributed by atoms with Crippen LogP contribution < -0.4 is 5.46 Å². The van der Waals surface area contributed by atoms with Crippen molar-refractivity contribution in [2.75, 3.05) is 11.5 Å². The molecule has 0 unspecified atom stereocenters. The molecule has 0 amide bonds. The van der Waals surface area contributed by atoms with Crippen LogP contribution in [0.15, 0.2) is 18.2 Å². The van der Waals surface area contributed by atoms with Crippen molar-refractivity contribution in [2.24, 2.45) is 0 Å². The van der Waals surface area contributed by atoms with E-state index in [0.29, 0.717) is 5.46 Å². The summed E-state index contributed by atoms with van der Waals surface area (Å²) in [6.45, 7) is 0. The molecule has 0 atom stereocenters. The molecule has 0 radical (unpaired) electrons. The van der Waals surface area contributed by atoms with Gasteiger partial charge in [0.2, 0.25) is 0 Å². The molecule has 1 aromatic carbocycles. The Morgan fingerprint density at radius 3 is 2.62 bits per heavy atom. The monoisotopic (exact) mass is 252 g/mol. The second-order valence-electron chi connectivity index (χ2n) is 4.24. The number of hydrogen-bond donors (Lipinski definition) is 2. The summed E-state index contributed by atoms with van der Waals surface area (Å²) in [5.74, 6) is 2.46. The first-order valence-electron chi connectivity index (χ1n) is 5.49. The van der Waals surface area contributed by atoms with Crippen LogP contribution in [0.3, 0.4) is 0 Å². The van der Waals surface area contributed by atoms with Crippen molar-refractivity contribution in [1.29, 1.82) is 0 Å². The van der Waals surface area contributed by atoms with E-state index in [1.807, 2.05) is 35.7 Å². The molecule has 2 aliphatic rings. The lowest BCUT2D eigenvalue weighted by molar-refractivity contribution is 0.425. The van der Waals surface area contributed by atoms with Gasteiger partial charge in [0.25, 0.3) is 0 Å². The number of thioether (sulfide) groups is 2. The zero-order valence-electron chi connectivity index (χ0n) is 8.85. The third-order valence-electron chi connectivity index (χ3n) is 3.32. The van der Waals surface area contributed by atoms with E-state index in [4.69, 9.17) is 10.0 Å². The Balaban J connectivity index is 2.01. The fraction of sp³-hybridized carbons (Fsp3) is 0.455. The molecule has 3 rings (SSSR count). The van der Waals surface area contributed by atoms with E-state index in [9.17, 15) is 0 Å². The van der Waals surface area contributed by atoms with Crippen molar-refractivity contribution in [3.63, 3.8) is 0 Å². The van der Waals surface area contributed by atoms with Crippen molar-refractivity contribution in [1.82, 2.24) is 0 Å². The highest BCUT2D eigenvalue weighted by Crippen LogP contribution is 2.58. The average molecular weight is 252 g/mol. The van der Waals surface area contributed by atoms with Gasteiger partial charge >= 0.3 is 7.12 Å². The fourth-order valence-corrected chi connectivity index (χ4v) is 5.90. The maximum absolute atomic E-state index is 9.16. The second kappa shape index (κ2) is 3.98. The van der Waals surface area contributed by atoms with Gasteiger partial charge in [0.1, 0.15) is 0 Å². The average Bonchev–Trinajstić information content (AvgIpc) is 2.88. The SMILES string of the molecule is OB(O)c1ccc2c(c1)CCC21SCCS1. The molecule has 1 aromatic rings. The Labute approximate surface area is 104 Å². The van der Waals surface area contributed by atoms with Gasteiger partial charge in [0.05, 0.1) is 4.08 Å². The zero-order valence-corrected chi connectivity index (χ0v) is 10.5. The summed E-state index contributed by atoms with van der Waals surface area (Å²) in [7, 11) is -1.34. The number of rotatable bonds is 1. The molecule has 2 nitrogen and oxygen atoms in total. The molecule has 1 aliphatic carbocycles. The van der Waals surface area contributed by atoms with E-state index in [1.54, 1.807) is 0 Å². The Morgan fingerprint density at radius 2 is 1.94 bits per heavy atom. The van der Waals surface area contributed by atoms with E-state index >= 15 is 0 Å². The van der Waals surface area contributed by atoms with Crippen LogP contribution in [0, 0.1) is 0 Å². The van der Waals surface area contributed by atoms with Crippen molar-refractivity contribution in [3.05, 3.63) is 29.3 Å². The highest BCUT2D eigenvalue weighted by atomic mass is 32.2. The van der Waals surface area contributed by atoms with Crippen molar-refractivity contribution in [2.45, 2.75) is 16.9 Å². The topological polar surface area (TPSA) is 40.5 Å². The lowest BCUT2D eigenvalue weighted by Crippen LogP contribution is -2.30. The third-order valence-corrected chi connectivity index (χ3v) is 6.88. The van der Waals surface area contributed by atoms with Gasteiger partial charge in [-0.25, -0.2) is 0 Å². The number of hydrogen-bond acceptors (Lipinski definition) is 4. The maximum atomic E-state index is 9.16. The highest BCUT2D eigenvalue weighted by molar-refractivity contribution is 8.20. The minimum Gasteiger partial charge on any atom is -0.423 e. The smallest absolute Gasteiger partial charge is 0.423 e. The summed E-state index contributed by atoms with van der Waals surface area (Å²) in [6, 6.07) is 5.88. The Hall–Kier alpha value is -0.0951. The molecule has 0 bridgehead atoms. The van der Waals surface area contributed by atoms with Gasteiger partial charge in [-0.2, -0.15) is 0 Å². The third kappa shape index (κ3) is 1.61. The van der Waals surface area contributed by atoms with Crippen molar-refractivity contribution in [3.8, 4) is 0 Å². The van der Waals surface area contributed by atoms with E-state index in [1.165, 1.54) is 29.1 Å². The van der Waals surface area contributed by atoms with Crippen molar-refractivity contribution < 1.29 is 10.0 Å². The normalized spacial score (nSPS) is 21.4. The minimum absolute atomic E-state index is 0.272. The molecule has 1 heterocycles. The molecule has 2 N–H and O–H groups in total. The molecule has 1 fully saturated rings. The number of aryl methyl sites for hydroxylation is 1. The van der Waals surface area contributed by atoms with E-state index in [2.05, 4.69) is 6.07 Å². The Bertz CT molecular complexity index is 416. The molecule has 1 spiro atoms. The summed E-state index contributed by atoms with van der Waals surface area (Å²) < 4.78 is 0.272. The highest BCUT2D eigenvalue weighted by Gasteiger charge is 2.42. The van der Waals surface area contributed by atoms with Gasteiger partial charge in [0, 0.05) is 11.5 Å². The molecule has 5 heteroatoms. The lowest BCUT2D eigenvalue weighted by atomic mass is 9.79. The molecule has 84 valence electrons. The van der Waals surface area contributed by atoms with Crippen LogP contribution in [0.2, 0.25) is 0 Å². The van der Waals surface area contributed by atoms with Gasteiger partial charge in [-0.05, 0) is 29.4 Å². The van der Waals surface area contributed by atoms with Crippen LogP contribution in [0.1, 0.15) is 17.5 Å². The molecule has 0 aromatic heterocycles. The minimum atomic E-state index is -1.34. The quantitative estimate of drug-likeness (QED) is 0.730. The van der Waals surface area contributed by atoms with Gasteiger partial charge in [-0.3, -0.25) is 0 Å². The summed E-state index contributed by atoms with van der Waals surface area (Å²) in [5.41, 5.74) is 3.32. The first-order chi connectivity index (χ1) is 7.71. The van der Waals surface area contributed by atoms with Gasteiger partial charge in [-0.1, -0.05) is 18.2 Å². The van der Waals surface area contributed by atoms with Crippen LogP contribution in [-0.2, 0) is 10.5 Å². The summed E-state index contributed by atoms with van der Waals surface area (Å²) in [6.07, 6.45) is 2.25. The van der Waals surface area contributed by atoms with Crippen LogP contribution in [0.25, 0.3) is 0 Å². The molecule has 1 aliphatic heterocycles. The Kier molecular flexibility index (Phi) is 2.74. The van der Waals surface area contributed by atoms with E-state index < -0.39 is 7.12 Å². The fourth-order valence-electron chi connectivity index (χ4n) is 2.54. The van der Waals surface area contributed by atoms with Gasteiger partial charge in [-0.15, -0.1) is 23.5 Å². The number of fused-ring (bicyclic) bond motifs is 2. The summed E-state index contributed by atoms with van der Waals surface area (Å²) >= 11 is 4.09. The van der Waals surface area contributed by atoms with Crippen LogP contribution in [-0.4, -0.2) is 28.7 Å². The summed E-state index contributed by atoms with van der Waals surface area (Å²) in [4.78, 5) is 0. The first-order valence-corrected chi connectivity index (χ1v) is 7.46. The second-order valence-corrected chi connectivity index (χ2v) is 7.29. The lowest BCUT2D eigenvalue weighted by Gasteiger charge is -2.22. The first kappa shape index (κ1) is 11.0. The van der Waals surface area contributed by atoms with Crippen LogP contribution in [0.5, 0.6) is 0 Å². The van der Waals surface area contributed by atoms with Crippen LogP contribution in [0.4, 0.5) is 0 Å². The molecular formula is C11H13BO2S2.